The number of likely N-dealkylation sites (tertiary alicyclic amines) is 1. The smallest absolute Gasteiger partial charge is 0.228 e. The highest BCUT2D eigenvalue weighted by molar-refractivity contribution is 5.85. The van der Waals surface area contributed by atoms with E-state index in [0.717, 1.165) is 38.5 Å². The van der Waals surface area contributed by atoms with E-state index in [1.165, 1.54) is 6.20 Å². The van der Waals surface area contributed by atoms with Crippen LogP contribution < -0.4 is 4.74 Å². The number of aromatic nitrogens is 1. The average Bonchev–Trinajstić information content (AvgIpc) is 2.86. The van der Waals surface area contributed by atoms with E-state index < -0.39 is 5.41 Å². The fraction of sp³-hybridized carbons (Fsp3) is 0.667. The number of aliphatic hydroxyl groups is 1. The van der Waals surface area contributed by atoms with Gasteiger partial charge in [0.15, 0.2) is 0 Å². The first kappa shape index (κ1) is 19.6. The minimum atomic E-state index is -0.464. The van der Waals surface area contributed by atoms with E-state index in [9.17, 15) is 9.90 Å². The van der Waals surface area contributed by atoms with Crippen LogP contribution in [0.5, 0.6) is 5.88 Å². The average molecular weight is 371 g/mol. The summed E-state index contributed by atoms with van der Waals surface area (Å²) in [6.45, 7) is 5.14. The van der Waals surface area contributed by atoms with Crippen molar-refractivity contribution in [3.05, 3.63) is 23.9 Å². The predicted molar refractivity (Wildman–Crippen MR) is 101 cm³/mol. The van der Waals surface area contributed by atoms with Gasteiger partial charge in [-0.25, -0.2) is 4.98 Å². The van der Waals surface area contributed by atoms with Crippen LogP contribution >= 0.6 is 0 Å². The number of ether oxygens (including phenoxy) is 1. The molecule has 1 aromatic rings. The van der Waals surface area contributed by atoms with Crippen LogP contribution in [0.4, 0.5) is 0 Å². The van der Waals surface area contributed by atoms with E-state index in [4.69, 9.17) is 10.00 Å². The Morgan fingerprint density at radius 1 is 1.30 bits per heavy atom. The van der Waals surface area contributed by atoms with Gasteiger partial charge in [-0.05, 0) is 44.6 Å². The van der Waals surface area contributed by atoms with Crippen LogP contribution in [-0.4, -0.2) is 46.2 Å². The van der Waals surface area contributed by atoms with Gasteiger partial charge in [-0.3, -0.25) is 4.79 Å². The van der Waals surface area contributed by atoms with Gasteiger partial charge in [-0.2, -0.15) is 5.26 Å². The van der Waals surface area contributed by atoms with E-state index in [-0.39, 0.29) is 24.0 Å². The van der Waals surface area contributed by atoms with Crippen molar-refractivity contribution in [2.45, 2.75) is 64.5 Å². The number of carbonyl (C=O) groups excluding carboxylic acids is 1. The lowest BCUT2D eigenvalue weighted by molar-refractivity contribution is -0.137. The maximum absolute atomic E-state index is 13.1. The van der Waals surface area contributed by atoms with E-state index in [0.29, 0.717) is 24.6 Å². The normalized spacial score (nSPS) is 28.3. The summed E-state index contributed by atoms with van der Waals surface area (Å²) in [6, 6.07) is 5.68. The molecule has 1 N–H and O–H groups in total. The fourth-order valence-electron chi connectivity index (χ4n) is 4.17. The molecule has 0 aromatic carbocycles. The molecular formula is C21H29N3O3. The van der Waals surface area contributed by atoms with Gasteiger partial charge in [-0.15, -0.1) is 0 Å². The number of pyridine rings is 1. The summed E-state index contributed by atoms with van der Waals surface area (Å²) in [5.74, 6) is 0.782. The fourth-order valence-corrected chi connectivity index (χ4v) is 4.17. The van der Waals surface area contributed by atoms with Crippen molar-refractivity contribution in [2.75, 3.05) is 13.2 Å². The number of amides is 1. The maximum Gasteiger partial charge on any atom is 0.228 e. The third-order valence-corrected chi connectivity index (χ3v) is 6.14. The monoisotopic (exact) mass is 371 g/mol. The summed E-state index contributed by atoms with van der Waals surface area (Å²) in [4.78, 5) is 19.3. The molecule has 1 aliphatic carbocycles. The first-order chi connectivity index (χ1) is 12.9. The van der Waals surface area contributed by atoms with Crippen molar-refractivity contribution in [3.8, 4) is 11.9 Å². The lowest BCUT2D eigenvalue weighted by Crippen LogP contribution is -2.40. The summed E-state index contributed by atoms with van der Waals surface area (Å²) in [5.41, 5.74) is 0.0355. The van der Waals surface area contributed by atoms with Gasteiger partial charge in [0.2, 0.25) is 11.8 Å². The summed E-state index contributed by atoms with van der Waals surface area (Å²) < 4.78 is 5.84. The van der Waals surface area contributed by atoms with Crippen LogP contribution in [0.3, 0.4) is 0 Å². The second kappa shape index (κ2) is 8.26. The second-order valence-corrected chi connectivity index (χ2v) is 8.35. The summed E-state index contributed by atoms with van der Waals surface area (Å²) >= 11 is 0. The Balaban J connectivity index is 1.62. The highest BCUT2D eigenvalue weighted by atomic mass is 16.5. The number of nitrogens with zero attached hydrogens (tertiary/aromatic N) is 3. The highest BCUT2D eigenvalue weighted by Crippen LogP contribution is 2.39. The van der Waals surface area contributed by atoms with Gasteiger partial charge in [0.25, 0.3) is 0 Å². The van der Waals surface area contributed by atoms with Crippen molar-refractivity contribution in [1.29, 1.82) is 5.26 Å². The van der Waals surface area contributed by atoms with Crippen LogP contribution in [0.1, 0.15) is 57.9 Å². The predicted octanol–water partition coefficient (Wildman–Crippen LogP) is 2.90. The minimum absolute atomic E-state index is 0.0958. The van der Waals surface area contributed by atoms with Gasteiger partial charge >= 0.3 is 0 Å². The summed E-state index contributed by atoms with van der Waals surface area (Å²) in [5, 5.41) is 18.7. The molecule has 1 unspecified atom stereocenters. The van der Waals surface area contributed by atoms with Gasteiger partial charge in [0.1, 0.15) is 6.07 Å². The molecule has 0 bridgehead atoms. The Morgan fingerprint density at radius 3 is 2.59 bits per heavy atom. The molecule has 2 aliphatic rings. The molecule has 3 rings (SSSR count). The number of nitriles is 1. The largest absolute Gasteiger partial charge is 0.477 e. The van der Waals surface area contributed by atoms with Crippen LogP contribution in [0, 0.1) is 22.7 Å². The molecule has 6 heteroatoms. The molecule has 1 aromatic heterocycles. The third-order valence-electron chi connectivity index (χ3n) is 6.14. The van der Waals surface area contributed by atoms with Gasteiger partial charge in [-0.1, -0.05) is 13.8 Å². The van der Waals surface area contributed by atoms with Crippen LogP contribution in [0.25, 0.3) is 0 Å². The number of aliphatic hydroxyl groups excluding tert-OH is 1. The third kappa shape index (κ3) is 4.41. The van der Waals surface area contributed by atoms with Gasteiger partial charge < -0.3 is 14.7 Å². The maximum atomic E-state index is 13.1. The SMILES string of the molecule is CC1(C)C(=O)N(C2CCCC(O)CCC2)CC1COc1ccc(C#N)cn1. The lowest BCUT2D eigenvalue weighted by Gasteiger charge is -2.31. The Hall–Kier alpha value is -2.13. The van der Waals surface area contributed by atoms with E-state index in [1.54, 1.807) is 12.1 Å². The summed E-state index contributed by atoms with van der Waals surface area (Å²) in [6.07, 6.45) is 6.83. The molecule has 1 saturated heterocycles. The molecular weight excluding hydrogens is 342 g/mol. The van der Waals surface area contributed by atoms with E-state index >= 15 is 0 Å². The van der Waals surface area contributed by atoms with Gasteiger partial charge in [0.05, 0.1) is 23.7 Å². The summed E-state index contributed by atoms with van der Waals surface area (Å²) in [7, 11) is 0. The molecule has 1 aliphatic heterocycles. The quantitative estimate of drug-likeness (QED) is 0.879. The zero-order valence-electron chi connectivity index (χ0n) is 16.2. The topological polar surface area (TPSA) is 86.5 Å². The van der Waals surface area contributed by atoms with Crippen molar-refractivity contribution in [1.82, 2.24) is 9.88 Å². The zero-order valence-corrected chi connectivity index (χ0v) is 16.2. The Labute approximate surface area is 161 Å². The molecule has 2 fully saturated rings. The number of rotatable bonds is 4. The molecule has 146 valence electrons. The number of hydrogen-bond donors (Lipinski definition) is 1. The second-order valence-electron chi connectivity index (χ2n) is 8.35. The minimum Gasteiger partial charge on any atom is -0.477 e. The van der Waals surface area contributed by atoms with Crippen LogP contribution in [-0.2, 0) is 4.79 Å². The molecule has 1 atom stereocenters. The number of hydrogen-bond acceptors (Lipinski definition) is 5. The van der Waals surface area contributed by atoms with Crippen molar-refractivity contribution in [2.24, 2.45) is 11.3 Å². The number of carbonyl (C=O) groups is 1. The van der Waals surface area contributed by atoms with Crippen molar-refractivity contribution < 1.29 is 14.6 Å². The Kier molecular flexibility index (Phi) is 6.01. The Morgan fingerprint density at radius 2 is 2.00 bits per heavy atom. The zero-order chi connectivity index (χ0) is 19.4. The molecule has 0 spiro atoms. The molecule has 1 amide bonds. The highest BCUT2D eigenvalue weighted by Gasteiger charge is 2.49. The molecule has 6 nitrogen and oxygen atoms in total. The van der Waals surface area contributed by atoms with Crippen LogP contribution in [0.15, 0.2) is 18.3 Å². The molecule has 27 heavy (non-hydrogen) atoms. The Bertz CT molecular complexity index is 686. The van der Waals surface area contributed by atoms with Gasteiger partial charge in [0, 0.05) is 30.8 Å². The van der Waals surface area contributed by atoms with E-state index in [1.807, 2.05) is 19.9 Å². The first-order valence-corrected chi connectivity index (χ1v) is 9.90. The first-order valence-electron chi connectivity index (χ1n) is 9.90. The molecule has 0 radical (unpaired) electrons. The molecule has 2 heterocycles. The van der Waals surface area contributed by atoms with Crippen molar-refractivity contribution in [3.63, 3.8) is 0 Å². The van der Waals surface area contributed by atoms with E-state index in [2.05, 4.69) is 9.88 Å². The molecule has 1 saturated carbocycles. The van der Waals surface area contributed by atoms with Crippen molar-refractivity contribution >= 4 is 5.91 Å². The van der Waals surface area contributed by atoms with Crippen LogP contribution in [0.2, 0.25) is 0 Å². The standard InChI is InChI=1S/C21H29N3O3/c1-21(2)16(14-27-19-10-9-15(11-22)12-23-19)13-24(20(21)26)17-5-3-7-18(25)8-4-6-17/h9-10,12,16-18,25H,3-8,13-14H2,1-2H3. The lowest BCUT2D eigenvalue weighted by atomic mass is 9.82.